The Labute approximate surface area is 102 Å². The van der Waals surface area contributed by atoms with E-state index in [1.165, 1.54) is 4.88 Å². The molecule has 1 aromatic rings. The van der Waals surface area contributed by atoms with Crippen LogP contribution in [-0.2, 0) is 11.2 Å². The Morgan fingerprint density at radius 1 is 1.40 bits per heavy atom. The van der Waals surface area contributed by atoms with E-state index < -0.39 is 5.60 Å². The molecule has 1 N–H and O–H groups in total. The summed E-state index contributed by atoms with van der Waals surface area (Å²) in [5.74, 6) is 0. The number of halogens is 1. The summed E-state index contributed by atoms with van der Waals surface area (Å²) in [4.78, 5) is 1.24. The van der Waals surface area contributed by atoms with E-state index in [-0.39, 0.29) is 0 Å². The van der Waals surface area contributed by atoms with Gasteiger partial charge in [-0.3, -0.25) is 0 Å². The maximum Gasteiger partial charge on any atom is 0.0718 e. The lowest BCUT2D eigenvalue weighted by Crippen LogP contribution is -2.31. The van der Waals surface area contributed by atoms with Crippen LogP contribution in [0.4, 0.5) is 0 Å². The maximum atomic E-state index is 10.4. The second kappa shape index (κ2) is 4.95. The third-order valence-corrected chi connectivity index (χ3v) is 4.40. The minimum absolute atomic E-state index is 0.555. The smallest absolute Gasteiger partial charge is 0.0718 e. The molecule has 84 valence electrons. The van der Waals surface area contributed by atoms with Gasteiger partial charge in [0.2, 0.25) is 0 Å². The van der Waals surface area contributed by atoms with Gasteiger partial charge in [0.05, 0.1) is 9.39 Å². The monoisotopic (exact) mass is 290 g/mol. The highest BCUT2D eigenvalue weighted by molar-refractivity contribution is 9.11. The highest BCUT2D eigenvalue weighted by Gasteiger charge is 2.28. The number of rotatable bonds is 2. The van der Waals surface area contributed by atoms with Crippen molar-refractivity contribution < 1.29 is 9.84 Å². The van der Waals surface area contributed by atoms with Gasteiger partial charge in [-0.25, -0.2) is 0 Å². The summed E-state index contributed by atoms with van der Waals surface area (Å²) in [7, 11) is 0. The lowest BCUT2D eigenvalue weighted by molar-refractivity contribution is 0.0196. The summed E-state index contributed by atoms with van der Waals surface area (Å²) in [6, 6.07) is 4.12. The maximum absolute atomic E-state index is 10.4. The van der Waals surface area contributed by atoms with Crippen LogP contribution in [0.15, 0.2) is 15.9 Å². The first-order valence-corrected chi connectivity index (χ1v) is 6.83. The molecule has 0 aliphatic carbocycles. The zero-order chi connectivity index (χ0) is 10.7. The molecule has 2 nitrogen and oxygen atoms in total. The molecule has 0 saturated carbocycles. The number of aliphatic hydroxyl groups is 1. The van der Waals surface area contributed by atoms with Gasteiger partial charge in [-0.2, -0.15) is 0 Å². The summed E-state index contributed by atoms with van der Waals surface area (Å²) < 4.78 is 6.50. The van der Waals surface area contributed by atoms with Gasteiger partial charge in [0, 0.05) is 24.5 Å². The van der Waals surface area contributed by atoms with Crippen LogP contribution in [-0.4, -0.2) is 23.9 Å². The molecule has 1 saturated heterocycles. The molecule has 1 aliphatic heterocycles. The lowest BCUT2D eigenvalue weighted by Gasteiger charge is -2.25. The summed E-state index contributed by atoms with van der Waals surface area (Å²) >= 11 is 5.14. The molecule has 1 aliphatic rings. The van der Waals surface area contributed by atoms with E-state index in [4.69, 9.17) is 4.74 Å². The molecule has 2 heterocycles. The third kappa shape index (κ3) is 3.28. The number of thiophene rings is 1. The molecule has 0 amide bonds. The van der Waals surface area contributed by atoms with Gasteiger partial charge in [-0.1, -0.05) is 0 Å². The minimum atomic E-state index is -0.555. The first kappa shape index (κ1) is 11.6. The van der Waals surface area contributed by atoms with E-state index in [2.05, 4.69) is 22.0 Å². The van der Waals surface area contributed by atoms with E-state index in [0.29, 0.717) is 6.61 Å². The van der Waals surface area contributed by atoms with Crippen LogP contribution in [0.1, 0.15) is 24.1 Å². The van der Waals surface area contributed by atoms with Gasteiger partial charge in [-0.05, 0) is 47.3 Å². The predicted octanol–water partition coefficient (Wildman–Crippen LogP) is 2.98. The van der Waals surface area contributed by atoms with Crippen molar-refractivity contribution in [1.82, 2.24) is 0 Å². The van der Waals surface area contributed by atoms with Crippen molar-refractivity contribution in [2.75, 3.05) is 13.2 Å². The largest absolute Gasteiger partial charge is 0.389 e. The molecule has 1 unspecified atom stereocenters. The van der Waals surface area contributed by atoms with Gasteiger partial charge in [0.15, 0.2) is 0 Å². The van der Waals surface area contributed by atoms with Crippen LogP contribution in [0.2, 0.25) is 0 Å². The van der Waals surface area contributed by atoms with Gasteiger partial charge >= 0.3 is 0 Å². The van der Waals surface area contributed by atoms with Crippen molar-refractivity contribution >= 4 is 27.3 Å². The number of hydrogen-bond donors (Lipinski definition) is 1. The van der Waals surface area contributed by atoms with E-state index in [9.17, 15) is 5.11 Å². The average molecular weight is 291 g/mol. The SMILES string of the molecule is OC1(Cc2ccc(Br)s2)CCCOCC1. The first-order chi connectivity index (χ1) is 7.18. The normalized spacial score (nSPS) is 27.6. The first-order valence-electron chi connectivity index (χ1n) is 5.22. The molecular weight excluding hydrogens is 276 g/mol. The summed E-state index contributed by atoms with van der Waals surface area (Å²) in [6.07, 6.45) is 3.32. The summed E-state index contributed by atoms with van der Waals surface area (Å²) in [5, 5.41) is 10.4. The van der Waals surface area contributed by atoms with Crippen molar-refractivity contribution in [3.8, 4) is 0 Å². The summed E-state index contributed by atoms with van der Waals surface area (Å²) in [6.45, 7) is 1.47. The fraction of sp³-hybridized carbons (Fsp3) is 0.636. The Bertz CT molecular complexity index is 316. The van der Waals surface area contributed by atoms with Crippen LogP contribution in [0, 0.1) is 0 Å². The second-order valence-electron chi connectivity index (χ2n) is 4.07. The Hall–Kier alpha value is 0.1000. The Morgan fingerprint density at radius 3 is 3.00 bits per heavy atom. The fourth-order valence-electron chi connectivity index (χ4n) is 1.94. The van der Waals surface area contributed by atoms with Gasteiger partial charge in [0.1, 0.15) is 0 Å². The minimum Gasteiger partial charge on any atom is -0.389 e. The molecule has 15 heavy (non-hydrogen) atoms. The molecular formula is C11H15BrO2S. The van der Waals surface area contributed by atoms with Gasteiger partial charge < -0.3 is 9.84 Å². The molecule has 0 aromatic carbocycles. The molecule has 1 fully saturated rings. The molecule has 1 atom stereocenters. The lowest BCUT2D eigenvalue weighted by atomic mass is 9.91. The Balaban J connectivity index is 2.02. The van der Waals surface area contributed by atoms with E-state index in [1.807, 2.05) is 6.07 Å². The molecule has 4 heteroatoms. The molecule has 0 spiro atoms. The van der Waals surface area contributed by atoms with Crippen molar-refractivity contribution in [3.63, 3.8) is 0 Å². The summed E-state index contributed by atoms with van der Waals surface area (Å²) in [5.41, 5.74) is -0.555. The molecule has 2 rings (SSSR count). The second-order valence-corrected chi connectivity index (χ2v) is 6.62. The van der Waals surface area contributed by atoms with Crippen molar-refractivity contribution in [3.05, 3.63) is 20.8 Å². The molecule has 0 bridgehead atoms. The quantitative estimate of drug-likeness (QED) is 0.907. The zero-order valence-electron chi connectivity index (χ0n) is 8.54. The number of hydrogen-bond acceptors (Lipinski definition) is 3. The standard InChI is InChI=1S/C11H15BrO2S/c12-10-3-2-9(15-10)8-11(13)4-1-6-14-7-5-11/h2-3,13H,1,4-8H2. The topological polar surface area (TPSA) is 29.5 Å². The highest BCUT2D eigenvalue weighted by atomic mass is 79.9. The van der Waals surface area contributed by atoms with Gasteiger partial charge in [-0.15, -0.1) is 11.3 Å². The van der Waals surface area contributed by atoms with E-state index >= 15 is 0 Å². The zero-order valence-corrected chi connectivity index (χ0v) is 10.9. The highest BCUT2D eigenvalue weighted by Crippen LogP contribution is 2.30. The molecule has 0 radical (unpaired) electrons. The van der Waals surface area contributed by atoms with Crippen molar-refractivity contribution in [2.45, 2.75) is 31.3 Å². The van der Waals surface area contributed by atoms with Crippen LogP contribution >= 0.6 is 27.3 Å². The van der Waals surface area contributed by atoms with Crippen LogP contribution < -0.4 is 0 Å². The van der Waals surface area contributed by atoms with Crippen LogP contribution in [0.3, 0.4) is 0 Å². The third-order valence-electron chi connectivity index (χ3n) is 2.77. The average Bonchev–Trinajstić information content (AvgIpc) is 2.46. The number of ether oxygens (including phenoxy) is 1. The predicted molar refractivity (Wildman–Crippen MR) is 65.3 cm³/mol. The van der Waals surface area contributed by atoms with Crippen LogP contribution in [0.5, 0.6) is 0 Å². The Kier molecular flexibility index (Phi) is 3.83. The van der Waals surface area contributed by atoms with E-state index in [1.54, 1.807) is 11.3 Å². The van der Waals surface area contributed by atoms with Gasteiger partial charge in [0.25, 0.3) is 0 Å². The Morgan fingerprint density at radius 2 is 2.27 bits per heavy atom. The van der Waals surface area contributed by atoms with Crippen molar-refractivity contribution in [1.29, 1.82) is 0 Å². The fourth-order valence-corrected chi connectivity index (χ4v) is 3.56. The van der Waals surface area contributed by atoms with Crippen LogP contribution in [0.25, 0.3) is 0 Å². The molecule has 1 aromatic heterocycles. The van der Waals surface area contributed by atoms with Crippen molar-refractivity contribution in [2.24, 2.45) is 0 Å². The van der Waals surface area contributed by atoms with E-state index in [0.717, 1.165) is 36.1 Å².